The Hall–Kier alpha value is -1.83. The van der Waals surface area contributed by atoms with Gasteiger partial charge in [0.25, 0.3) is 5.69 Å². The number of nitro benzene ring substituents is 1. The van der Waals surface area contributed by atoms with Crippen LogP contribution >= 0.6 is 0 Å². The van der Waals surface area contributed by atoms with Crippen molar-refractivity contribution >= 4 is 21.4 Å². The highest BCUT2D eigenvalue weighted by molar-refractivity contribution is 7.92. The van der Waals surface area contributed by atoms with E-state index in [-0.39, 0.29) is 22.9 Å². The summed E-state index contributed by atoms with van der Waals surface area (Å²) < 4.78 is 29.9. The molecule has 0 saturated heterocycles. The van der Waals surface area contributed by atoms with E-state index in [1.54, 1.807) is 0 Å². The normalized spacial score (nSPS) is 10.9. The lowest BCUT2D eigenvalue weighted by Crippen LogP contribution is -2.15. The summed E-state index contributed by atoms with van der Waals surface area (Å²) in [5, 5.41) is 10.6. The maximum absolute atomic E-state index is 11.4. The number of sulfonamides is 1. The minimum atomic E-state index is -3.50. The third-order valence-corrected chi connectivity index (χ3v) is 3.33. The Morgan fingerprint density at radius 3 is 2.59 bits per heavy atom. The molecule has 94 valence electrons. The Balaban J connectivity index is 3.19. The van der Waals surface area contributed by atoms with E-state index in [1.807, 2.05) is 0 Å². The highest BCUT2D eigenvalue weighted by atomic mass is 32.2. The molecule has 0 fully saturated rings. The quantitative estimate of drug-likeness (QED) is 0.636. The third kappa shape index (κ3) is 3.31. The molecule has 7 nitrogen and oxygen atoms in total. The van der Waals surface area contributed by atoms with Crippen LogP contribution in [0.25, 0.3) is 0 Å². The Morgan fingerprint density at radius 2 is 2.12 bits per heavy atom. The molecule has 8 heteroatoms. The Bertz CT molecular complexity index is 526. The minimum Gasteiger partial charge on any atom is -0.495 e. The molecule has 0 radical (unpaired) electrons. The van der Waals surface area contributed by atoms with Gasteiger partial charge in [-0.05, 0) is 13.0 Å². The SMILES string of the molecule is CCS(=O)(=O)Nc1cc([N+](=O)[O-])ccc1OC. The lowest BCUT2D eigenvalue weighted by Gasteiger charge is -2.10. The predicted molar refractivity (Wildman–Crippen MR) is 62.7 cm³/mol. The Morgan fingerprint density at radius 1 is 1.47 bits per heavy atom. The molecule has 0 spiro atoms. The van der Waals surface area contributed by atoms with Crippen molar-refractivity contribution in [3.63, 3.8) is 0 Å². The molecular formula is C9H12N2O5S. The van der Waals surface area contributed by atoms with Crippen LogP contribution in [0.2, 0.25) is 0 Å². The predicted octanol–water partition coefficient (Wildman–Crippen LogP) is 1.36. The second-order valence-electron chi connectivity index (χ2n) is 3.15. The molecular weight excluding hydrogens is 248 g/mol. The first kappa shape index (κ1) is 13.2. The maximum atomic E-state index is 11.4. The van der Waals surface area contributed by atoms with Crippen molar-refractivity contribution in [3.05, 3.63) is 28.3 Å². The topological polar surface area (TPSA) is 98.5 Å². The number of nitro groups is 1. The van der Waals surface area contributed by atoms with Gasteiger partial charge in [0.2, 0.25) is 10.0 Å². The molecule has 0 aliphatic rings. The van der Waals surface area contributed by atoms with Gasteiger partial charge in [0.15, 0.2) is 0 Å². The first-order valence-corrected chi connectivity index (χ1v) is 6.37. The molecule has 0 aliphatic heterocycles. The second kappa shape index (κ2) is 5.00. The van der Waals surface area contributed by atoms with Crippen molar-refractivity contribution in [2.24, 2.45) is 0 Å². The molecule has 0 atom stereocenters. The average molecular weight is 260 g/mol. The van der Waals surface area contributed by atoms with Gasteiger partial charge in [-0.2, -0.15) is 0 Å². The van der Waals surface area contributed by atoms with Crippen LogP contribution in [-0.4, -0.2) is 26.2 Å². The van der Waals surface area contributed by atoms with Gasteiger partial charge in [-0.15, -0.1) is 0 Å². The number of benzene rings is 1. The van der Waals surface area contributed by atoms with Crippen LogP contribution < -0.4 is 9.46 Å². The number of rotatable bonds is 5. The van der Waals surface area contributed by atoms with Crippen molar-refractivity contribution in [1.29, 1.82) is 0 Å². The van der Waals surface area contributed by atoms with Crippen LogP contribution in [-0.2, 0) is 10.0 Å². The van der Waals surface area contributed by atoms with E-state index >= 15 is 0 Å². The number of methoxy groups -OCH3 is 1. The average Bonchev–Trinajstić information content (AvgIpc) is 2.28. The molecule has 0 amide bonds. The molecule has 0 heterocycles. The molecule has 0 saturated carbocycles. The molecule has 1 aromatic carbocycles. The molecule has 17 heavy (non-hydrogen) atoms. The van der Waals surface area contributed by atoms with Gasteiger partial charge in [0, 0.05) is 12.1 Å². The highest BCUT2D eigenvalue weighted by Gasteiger charge is 2.15. The van der Waals surface area contributed by atoms with Crippen LogP contribution in [0.4, 0.5) is 11.4 Å². The number of hydrogen-bond donors (Lipinski definition) is 1. The number of anilines is 1. The fourth-order valence-corrected chi connectivity index (χ4v) is 1.77. The van der Waals surface area contributed by atoms with Gasteiger partial charge < -0.3 is 4.74 Å². The van der Waals surface area contributed by atoms with Crippen molar-refractivity contribution in [1.82, 2.24) is 0 Å². The summed E-state index contributed by atoms with van der Waals surface area (Å²) in [4.78, 5) is 9.97. The van der Waals surface area contributed by atoms with E-state index in [0.717, 1.165) is 6.07 Å². The first-order valence-electron chi connectivity index (χ1n) is 4.72. The molecule has 0 unspecified atom stereocenters. The molecule has 0 bridgehead atoms. The lowest BCUT2D eigenvalue weighted by atomic mass is 10.2. The molecule has 1 N–H and O–H groups in total. The largest absolute Gasteiger partial charge is 0.495 e. The number of non-ortho nitro benzene ring substituents is 1. The van der Waals surface area contributed by atoms with Gasteiger partial charge in [-0.1, -0.05) is 0 Å². The van der Waals surface area contributed by atoms with E-state index in [0.29, 0.717) is 0 Å². The summed E-state index contributed by atoms with van der Waals surface area (Å²) in [6, 6.07) is 3.69. The molecule has 1 rings (SSSR count). The zero-order valence-electron chi connectivity index (χ0n) is 9.34. The monoisotopic (exact) mass is 260 g/mol. The van der Waals surface area contributed by atoms with Crippen molar-refractivity contribution in [2.75, 3.05) is 17.6 Å². The molecule has 1 aromatic rings. The fourth-order valence-electron chi connectivity index (χ4n) is 1.13. The molecule has 0 aliphatic carbocycles. The van der Waals surface area contributed by atoms with Crippen LogP contribution in [0.5, 0.6) is 5.75 Å². The number of ether oxygens (including phenoxy) is 1. The summed E-state index contributed by atoms with van der Waals surface area (Å²) in [5.41, 5.74) is -0.150. The van der Waals surface area contributed by atoms with Crippen LogP contribution in [0.1, 0.15) is 6.92 Å². The Labute approximate surface area is 98.6 Å². The number of nitrogens with zero attached hydrogens (tertiary/aromatic N) is 1. The summed E-state index contributed by atoms with van der Waals surface area (Å²) in [6.07, 6.45) is 0. The van der Waals surface area contributed by atoms with Crippen molar-refractivity contribution in [2.45, 2.75) is 6.92 Å². The van der Waals surface area contributed by atoms with Gasteiger partial charge in [0.1, 0.15) is 5.75 Å². The Kier molecular flexibility index (Phi) is 3.89. The van der Waals surface area contributed by atoms with Crippen LogP contribution in [0.15, 0.2) is 18.2 Å². The van der Waals surface area contributed by atoms with Crippen LogP contribution in [0, 0.1) is 10.1 Å². The summed E-state index contributed by atoms with van der Waals surface area (Å²) in [5.74, 6) is 0.103. The highest BCUT2D eigenvalue weighted by Crippen LogP contribution is 2.29. The maximum Gasteiger partial charge on any atom is 0.271 e. The first-order chi connectivity index (χ1) is 7.89. The van der Waals surface area contributed by atoms with E-state index < -0.39 is 14.9 Å². The van der Waals surface area contributed by atoms with E-state index in [1.165, 1.54) is 26.2 Å². The number of nitrogens with one attached hydrogen (secondary N) is 1. The van der Waals surface area contributed by atoms with E-state index in [9.17, 15) is 18.5 Å². The minimum absolute atomic E-state index is 0.0588. The third-order valence-electron chi connectivity index (χ3n) is 2.04. The lowest BCUT2D eigenvalue weighted by molar-refractivity contribution is -0.384. The summed E-state index contributed by atoms with van der Waals surface area (Å²) in [6.45, 7) is 1.46. The smallest absolute Gasteiger partial charge is 0.271 e. The van der Waals surface area contributed by atoms with Crippen molar-refractivity contribution in [3.8, 4) is 5.75 Å². The summed E-state index contributed by atoms with van der Waals surface area (Å²) in [7, 11) is -2.15. The zero-order chi connectivity index (χ0) is 13.1. The van der Waals surface area contributed by atoms with Crippen molar-refractivity contribution < 1.29 is 18.1 Å². The van der Waals surface area contributed by atoms with E-state index in [4.69, 9.17) is 4.74 Å². The van der Waals surface area contributed by atoms with Crippen LogP contribution in [0.3, 0.4) is 0 Å². The second-order valence-corrected chi connectivity index (χ2v) is 5.16. The van der Waals surface area contributed by atoms with Gasteiger partial charge in [-0.25, -0.2) is 8.42 Å². The summed E-state index contributed by atoms with van der Waals surface area (Å²) >= 11 is 0. The molecule has 0 aromatic heterocycles. The number of hydrogen-bond acceptors (Lipinski definition) is 5. The van der Waals surface area contributed by atoms with Gasteiger partial charge in [-0.3, -0.25) is 14.8 Å². The van der Waals surface area contributed by atoms with Gasteiger partial charge >= 0.3 is 0 Å². The van der Waals surface area contributed by atoms with E-state index in [2.05, 4.69) is 4.72 Å². The fraction of sp³-hybridized carbons (Fsp3) is 0.333. The van der Waals surface area contributed by atoms with Gasteiger partial charge in [0.05, 0.1) is 23.5 Å². The standard InChI is InChI=1S/C9H12N2O5S/c1-3-17(14,15)10-8-6-7(11(12)13)4-5-9(8)16-2/h4-6,10H,3H2,1-2H3. The zero-order valence-corrected chi connectivity index (χ0v) is 10.2.